The quantitative estimate of drug-likeness (QED) is 0.354. The Kier molecular flexibility index (Phi) is 6.17. The number of aromatic amines is 1. The lowest BCUT2D eigenvalue weighted by molar-refractivity contribution is 0.431. The number of rotatable bonds is 6. The number of anilines is 1. The maximum atomic E-state index is 12.7. The number of piperidine rings is 1. The average Bonchev–Trinajstić information content (AvgIpc) is 3.09. The van der Waals surface area contributed by atoms with Crippen LogP contribution >= 0.6 is 11.8 Å². The van der Waals surface area contributed by atoms with Crippen molar-refractivity contribution in [3.05, 3.63) is 38.3 Å². The lowest BCUT2D eigenvalue weighted by Crippen LogP contribution is -2.35. The largest absolute Gasteiger partial charge is 0.342 e. The minimum absolute atomic E-state index is 0.382. The molecule has 166 valence electrons. The van der Waals surface area contributed by atoms with E-state index in [0.717, 1.165) is 60.6 Å². The number of hydrogen-bond acceptors (Lipinski definition) is 7. The van der Waals surface area contributed by atoms with Crippen molar-refractivity contribution in [3.8, 4) is 0 Å². The van der Waals surface area contributed by atoms with E-state index in [1.807, 2.05) is 24.5 Å². The zero-order chi connectivity index (χ0) is 22.1. The lowest BCUT2D eigenvalue weighted by Gasteiger charge is -2.31. The van der Waals surface area contributed by atoms with Gasteiger partial charge < -0.3 is 9.47 Å². The molecule has 0 radical (unpaired) electrons. The van der Waals surface area contributed by atoms with Gasteiger partial charge in [-0.1, -0.05) is 18.7 Å². The molecule has 0 saturated carbocycles. The van der Waals surface area contributed by atoms with Crippen LogP contribution in [-0.4, -0.2) is 47.9 Å². The molecule has 1 N–H and O–H groups in total. The van der Waals surface area contributed by atoms with Crippen LogP contribution in [0.15, 0.2) is 20.8 Å². The topological polar surface area (TPSA) is 102 Å². The van der Waals surface area contributed by atoms with Crippen molar-refractivity contribution < 1.29 is 0 Å². The normalized spacial score (nSPS) is 15.2. The van der Waals surface area contributed by atoms with Gasteiger partial charge in [-0.05, 0) is 45.1 Å². The molecule has 3 aromatic rings. The van der Waals surface area contributed by atoms with Crippen LogP contribution in [0, 0.1) is 19.8 Å². The second-order valence-corrected chi connectivity index (χ2v) is 9.42. The Hall–Kier alpha value is -2.62. The summed E-state index contributed by atoms with van der Waals surface area (Å²) in [6.07, 6.45) is 3.02. The van der Waals surface area contributed by atoms with Crippen LogP contribution in [-0.2, 0) is 13.6 Å². The van der Waals surface area contributed by atoms with Gasteiger partial charge in [0.2, 0.25) is 5.95 Å². The molecule has 1 fully saturated rings. The van der Waals surface area contributed by atoms with Crippen molar-refractivity contribution in [1.82, 2.24) is 29.1 Å². The molecule has 0 unspecified atom stereocenters. The van der Waals surface area contributed by atoms with Gasteiger partial charge in [0.05, 0.1) is 0 Å². The van der Waals surface area contributed by atoms with Crippen LogP contribution in [0.4, 0.5) is 5.95 Å². The Morgan fingerprint density at radius 1 is 1.13 bits per heavy atom. The van der Waals surface area contributed by atoms with Gasteiger partial charge in [0.25, 0.3) is 5.56 Å². The Morgan fingerprint density at radius 2 is 1.81 bits per heavy atom. The number of aryl methyl sites for hydroxylation is 4. The summed E-state index contributed by atoms with van der Waals surface area (Å²) >= 11 is 1.62. The molecule has 0 bridgehead atoms. The summed E-state index contributed by atoms with van der Waals surface area (Å²) in [6, 6.07) is 1.96. The summed E-state index contributed by atoms with van der Waals surface area (Å²) < 4.78 is 3.40. The van der Waals surface area contributed by atoms with Crippen molar-refractivity contribution in [2.45, 2.75) is 51.7 Å². The first-order valence-electron chi connectivity index (χ1n) is 10.7. The fourth-order valence-electron chi connectivity index (χ4n) is 4.03. The molecule has 1 aliphatic rings. The highest BCUT2D eigenvalue weighted by molar-refractivity contribution is 7.99. The van der Waals surface area contributed by atoms with Gasteiger partial charge in [-0.15, -0.1) is 0 Å². The summed E-state index contributed by atoms with van der Waals surface area (Å²) in [7, 11) is 1.65. The fraction of sp³-hybridized carbons (Fsp3) is 0.571. The van der Waals surface area contributed by atoms with Crippen LogP contribution < -0.4 is 16.1 Å². The SMILES string of the molecule is Cc1cc(C)nc(SCCCn2c(N3CCC(C)CC3)nc3c2c(=O)[nH]c(=O)n3C)n1. The summed E-state index contributed by atoms with van der Waals surface area (Å²) in [5.41, 5.74) is 2.00. The Labute approximate surface area is 184 Å². The molecule has 1 aliphatic heterocycles. The number of imidazole rings is 1. The first-order valence-corrected chi connectivity index (χ1v) is 11.7. The Bertz CT molecular complexity index is 1180. The second-order valence-electron chi connectivity index (χ2n) is 8.36. The Morgan fingerprint density at radius 3 is 2.48 bits per heavy atom. The molecule has 3 aromatic heterocycles. The Balaban J connectivity index is 1.60. The fourth-order valence-corrected chi connectivity index (χ4v) is 4.90. The van der Waals surface area contributed by atoms with E-state index in [4.69, 9.17) is 4.98 Å². The molecular formula is C21H29N7O2S. The first-order chi connectivity index (χ1) is 14.8. The standard InChI is InChI=1S/C21H29N7O2S/c1-13-6-9-27(10-7-13)20-24-17-16(18(29)25-21(30)26(17)4)28(20)8-5-11-31-19-22-14(2)12-15(3)23-19/h12-13H,5-11H2,1-4H3,(H,25,29,30). The third-order valence-electron chi connectivity index (χ3n) is 5.77. The molecule has 0 spiro atoms. The van der Waals surface area contributed by atoms with Crippen molar-refractivity contribution in [2.24, 2.45) is 13.0 Å². The van der Waals surface area contributed by atoms with Crippen LogP contribution in [0.5, 0.6) is 0 Å². The van der Waals surface area contributed by atoms with Gasteiger partial charge in [0.15, 0.2) is 16.3 Å². The van der Waals surface area contributed by atoms with Crippen molar-refractivity contribution >= 4 is 28.9 Å². The van der Waals surface area contributed by atoms with Gasteiger partial charge >= 0.3 is 5.69 Å². The second kappa shape index (κ2) is 8.86. The number of aromatic nitrogens is 6. The van der Waals surface area contributed by atoms with E-state index >= 15 is 0 Å². The first kappa shape index (κ1) is 21.6. The molecule has 4 rings (SSSR count). The lowest BCUT2D eigenvalue weighted by atomic mass is 10.00. The predicted molar refractivity (Wildman–Crippen MR) is 123 cm³/mol. The zero-order valence-electron chi connectivity index (χ0n) is 18.5. The molecule has 31 heavy (non-hydrogen) atoms. The summed E-state index contributed by atoms with van der Waals surface area (Å²) in [5, 5.41) is 0.776. The van der Waals surface area contributed by atoms with Crippen molar-refractivity contribution in [3.63, 3.8) is 0 Å². The molecule has 4 heterocycles. The molecular weight excluding hydrogens is 414 g/mol. The van der Waals surface area contributed by atoms with E-state index in [1.54, 1.807) is 18.8 Å². The molecule has 0 aliphatic carbocycles. The zero-order valence-corrected chi connectivity index (χ0v) is 19.3. The van der Waals surface area contributed by atoms with Gasteiger partial charge in [-0.25, -0.2) is 14.8 Å². The maximum Gasteiger partial charge on any atom is 0.329 e. The van der Waals surface area contributed by atoms with E-state index in [-0.39, 0.29) is 5.56 Å². The molecule has 0 amide bonds. The molecule has 1 saturated heterocycles. The number of hydrogen-bond donors (Lipinski definition) is 1. The smallest absolute Gasteiger partial charge is 0.329 e. The summed E-state index contributed by atoms with van der Waals surface area (Å²) in [4.78, 5) is 43.1. The number of fused-ring (bicyclic) bond motifs is 1. The van der Waals surface area contributed by atoms with E-state index in [0.29, 0.717) is 23.6 Å². The molecule has 10 heteroatoms. The monoisotopic (exact) mass is 443 g/mol. The minimum Gasteiger partial charge on any atom is -0.342 e. The highest BCUT2D eigenvalue weighted by Crippen LogP contribution is 2.26. The van der Waals surface area contributed by atoms with Crippen molar-refractivity contribution in [1.29, 1.82) is 0 Å². The maximum absolute atomic E-state index is 12.7. The van der Waals surface area contributed by atoms with E-state index in [1.165, 1.54) is 4.57 Å². The van der Waals surface area contributed by atoms with E-state index in [2.05, 4.69) is 26.8 Å². The van der Waals surface area contributed by atoms with Gasteiger partial charge in [-0.3, -0.25) is 14.3 Å². The van der Waals surface area contributed by atoms with E-state index < -0.39 is 5.69 Å². The van der Waals surface area contributed by atoms with Crippen LogP contribution in [0.3, 0.4) is 0 Å². The van der Waals surface area contributed by atoms with Gasteiger partial charge in [0.1, 0.15) is 0 Å². The predicted octanol–water partition coefficient (Wildman–Crippen LogP) is 2.25. The number of nitrogens with one attached hydrogen (secondary N) is 1. The van der Waals surface area contributed by atoms with E-state index in [9.17, 15) is 9.59 Å². The van der Waals surface area contributed by atoms with Crippen LogP contribution in [0.25, 0.3) is 11.2 Å². The van der Waals surface area contributed by atoms with Crippen molar-refractivity contribution in [2.75, 3.05) is 23.7 Å². The van der Waals surface area contributed by atoms with Gasteiger partial charge in [0, 0.05) is 43.8 Å². The highest BCUT2D eigenvalue weighted by atomic mass is 32.2. The summed E-state index contributed by atoms with van der Waals surface area (Å²) in [6.45, 7) is 8.65. The van der Waals surface area contributed by atoms with Gasteiger partial charge in [-0.2, -0.15) is 4.98 Å². The molecule has 9 nitrogen and oxygen atoms in total. The summed E-state index contributed by atoms with van der Waals surface area (Å²) in [5.74, 6) is 2.29. The molecule has 0 atom stereocenters. The van der Waals surface area contributed by atoms with Crippen LogP contribution in [0.1, 0.15) is 37.6 Å². The highest BCUT2D eigenvalue weighted by Gasteiger charge is 2.24. The third kappa shape index (κ3) is 4.53. The number of nitrogens with zero attached hydrogens (tertiary/aromatic N) is 6. The molecule has 0 aromatic carbocycles. The third-order valence-corrected chi connectivity index (χ3v) is 6.71. The number of thioether (sulfide) groups is 1. The minimum atomic E-state index is -0.441. The van der Waals surface area contributed by atoms with Crippen LogP contribution in [0.2, 0.25) is 0 Å². The average molecular weight is 444 g/mol. The number of H-pyrrole nitrogens is 1.